The minimum Gasteiger partial charge on any atom is -0.490 e. The van der Waals surface area contributed by atoms with Crippen LogP contribution in [0.5, 0.6) is 5.75 Å². The van der Waals surface area contributed by atoms with Crippen LogP contribution in [-0.2, 0) is 0 Å². The zero-order valence-electron chi connectivity index (χ0n) is 12.9. The molecule has 0 bridgehead atoms. The Balaban J connectivity index is 2.55. The first kappa shape index (κ1) is 16.5. The summed E-state index contributed by atoms with van der Waals surface area (Å²) in [6, 6.07) is 0. The highest BCUT2D eigenvalue weighted by Crippen LogP contribution is 2.40. The maximum absolute atomic E-state index is 14.0. The summed E-state index contributed by atoms with van der Waals surface area (Å²) in [6.07, 6.45) is 0. The van der Waals surface area contributed by atoms with E-state index in [2.05, 4.69) is 5.32 Å². The second kappa shape index (κ2) is 4.54. The third-order valence-electron chi connectivity index (χ3n) is 4.76. The van der Waals surface area contributed by atoms with Crippen LogP contribution in [0.4, 0.5) is 17.6 Å². The van der Waals surface area contributed by atoms with E-state index >= 15 is 0 Å². The zero-order chi connectivity index (χ0) is 16.4. The highest BCUT2D eigenvalue weighted by Gasteiger charge is 2.63. The van der Waals surface area contributed by atoms with Crippen molar-refractivity contribution in [3.8, 4) is 5.75 Å². The van der Waals surface area contributed by atoms with Crippen molar-refractivity contribution >= 4 is 52.5 Å². The Labute approximate surface area is 126 Å². The average Bonchev–Trinajstić information content (AvgIpc) is 2.37. The topological polar surface area (TPSA) is 21.3 Å². The first-order valence-electron chi connectivity index (χ1n) is 6.66. The molecule has 1 aliphatic rings. The van der Waals surface area contributed by atoms with Gasteiger partial charge in [0.1, 0.15) is 39.2 Å². The summed E-state index contributed by atoms with van der Waals surface area (Å²) in [5.74, 6) is -6.90. The van der Waals surface area contributed by atoms with Gasteiger partial charge in [0.05, 0.1) is 5.50 Å². The van der Waals surface area contributed by atoms with Gasteiger partial charge in [0.2, 0.25) is 11.6 Å². The molecule has 1 aliphatic heterocycles. The quantitative estimate of drug-likeness (QED) is 0.334. The molecule has 0 amide bonds. The fourth-order valence-corrected chi connectivity index (χ4v) is 3.01. The van der Waals surface area contributed by atoms with Crippen molar-refractivity contribution in [2.24, 2.45) is 0 Å². The van der Waals surface area contributed by atoms with Gasteiger partial charge in [-0.15, -0.1) is 0 Å². The number of benzene rings is 1. The average molecular weight is 292 g/mol. The van der Waals surface area contributed by atoms with Crippen LogP contribution in [0.15, 0.2) is 0 Å². The van der Waals surface area contributed by atoms with E-state index < -0.39 is 50.7 Å². The lowest BCUT2D eigenvalue weighted by Crippen LogP contribution is -2.94. The fourth-order valence-electron chi connectivity index (χ4n) is 3.01. The summed E-state index contributed by atoms with van der Waals surface area (Å²) < 4.78 is 60.7. The highest BCUT2D eigenvalue weighted by molar-refractivity contribution is 6.56. The predicted octanol–water partition coefficient (Wildman–Crippen LogP) is -5.35. The second-order valence-electron chi connectivity index (χ2n) is 6.72. The maximum atomic E-state index is 14.0. The molecule has 1 aromatic carbocycles. The van der Waals surface area contributed by atoms with E-state index in [0.29, 0.717) is 0 Å². The molecule has 1 aromatic rings. The molecule has 0 saturated carbocycles. The molecule has 0 radical (unpaired) electrons. The van der Waals surface area contributed by atoms with Crippen molar-refractivity contribution in [2.45, 2.75) is 16.2 Å². The molecule has 12 heteroatoms. The van der Waals surface area contributed by atoms with Gasteiger partial charge >= 0.3 is 0 Å². The Bertz CT molecular complexity index is 582. The molecule has 2 rings (SSSR count). The predicted molar refractivity (Wildman–Crippen MR) is 89.1 cm³/mol. The fraction of sp³-hybridized carbons (Fsp3) is 0.333. The van der Waals surface area contributed by atoms with Crippen LogP contribution < -0.4 is 15.5 Å². The van der Waals surface area contributed by atoms with E-state index in [4.69, 9.17) is 4.74 Å². The third kappa shape index (κ3) is 2.05. The lowest BCUT2D eigenvalue weighted by atomic mass is 9.27. The van der Waals surface area contributed by atoms with Crippen LogP contribution in [0.25, 0.3) is 0 Å². The molecular weight excluding hydrogens is 279 g/mol. The van der Waals surface area contributed by atoms with Crippen LogP contribution in [-0.4, -0.2) is 63.3 Å². The molecule has 1 fully saturated rings. The lowest BCUT2D eigenvalue weighted by Gasteiger charge is -2.67. The largest absolute Gasteiger partial charge is 0.490 e. The van der Waals surface area contributed by atoms with Crippen molar-refractivity contribution in [3.63, 3.8) is 0 Å². The van der Waals surface area contributed by atoms with E-state index in [-0.39, 0.29) is 0 Å². The van der Waals surface area contributed by atoms with Crippen molar-refractivity contribution in [1.82, 2.24) is 5.32 Å². The van der Waals surface area contributed by atoms with E-state index in [1.54, 1.807) is 39.2 Å². The summed E-state index contributed by atoms with van der Waals surface area (Å²) in [7, 11) is 9.77. The van der Waals surface area contributed by atoms with Gasteiger partial charge in [-0.2, -0.15) is 8.78 Å². The molecular formula is C9H13B6F4NO. The second-order valence-corrected chi connectivity index (χ2v) is 6.72. The van der Waals surface area contributed by atoms with E-state index in [9.17, 15) is 17.6 Å². The monoisotopic (exact) mass is 293 g/mol. The zero-order valence-corrected chi connectivity index (χ0v) is 12.9. The van der Waals surface area contributed by atoms with Crippen LogP contribution in [0.2, 0.25) is 0 Å². The minimum absolute atomic E-state index is 0.618. The Morgan fingerprint density at radius 2 is 1.14 bits per heavy atom. The van der Waals surface area contributed by atoms with Crippen molar-refractivity contribution in [2.75, 3.05) is 0 Å². The molecule has 1 N–H and O–H groups in total. The summed E-state index contributed by atoms with van der Waals surface area (Å²) >= 11 is 0. The Morgan fingerprint density at radius 3 is 1.48 bits per heavy atom. The van der Waals surface area contributed by atoms with E-state index in [0.717, 1.165) is 7.85 Å². The number of hydrogen-bond acceptors (Lipinski definition) is 2. The Kier molecular flexibility index (Phi) is 3.56. The minimum atomic E-state index is -1.51. The van der Waals surface area contributed by atoms with E-state index in [1.807, 2.05) is 0 Å². The van der Waals surface area contributed by atoms with Crippen LogP contribution in [0.1, 0.15) is 0 Å². The number of nitrogens with one attached hydrogen (secondary N) is 1. The molecule has 0 unspecified atom stereocenters. The molecule has 0 aromatic heterocycles. The summed E-state index contributed by atoms with van der Waals surface area (Å²) in [4.78, 5) is 0. The number of halogens is 4. The SMILES string of the molecule is Bc1c(F)c(F)c(OC2(B)C(B)(B)NC2(B)B)c(F)c1F. The van der Waals surface area contributed by atoms with Gasteiger partial charge in [-0.1, -0.05) is 0 Å². The molecule has 21 heavy (non-hydrogen) atoms. The van der Waals surface area contributed by atoms with Crippen LogP contribution in [0.3, 0.4) is 0 Å². The molecule has 0 spiro atoms. The first-order valence-corrected chi connectivity index (χ1v) is 6.66. The summed E-state index contributed by atoms with van der Waals surface area (Å²) in [5, 5.41) is 1.96. The number of rotatable bonds is 2. The van der Waals surface area contributed by atoms with Gasteiger partial charge in [-0.05, 0) is 16.1 Å². The first-order chi connectivity index (χ1) is 9.36. The molecule has 0 atom stereocenters. The highest BCUT2D eigenvalue weighted by atomic mass is 19.2. The number of ether oxygens (including phenoxy) is 1. The summed E-state index contributed by atoms with van der Waals surface area (Å²) in [5.41, 5.74) is -1.75. The Hall–Kier alpha value is -0.910. The maximum Gasteiger partial charge on any atom is 0.203 e. The lowest BCUT2D eigenvalue weighted by molar-refractivity contribution is 0.0111. The van der Waals surface area contributed by atoms with Crippen LogP contribution in [0, 0.1) is 23.3 Å². The van der Waals surface area contributed by atoms with Crippen molar-refractivity contribution < 1.29 is 22.3 Å². The Morgan fingerprint density at radius 1 is 0.762 bits per heavy atom. The third-order valence-corrected chi connectivity index (χ3v) is 4.76. The van der Waals surface area contributed by atoms with Gasteiger partial charge in [-0.3, -0.25) is 0 Å². The van der Waals surface area contributed by atoms with Gasteiger partial charge < -0.3 is 10.1 Å². The standard InChI is InChI=1S/C9H13B6F4NO/c10-1-2(16)4(18)6(5(19)3(1)17)21-7(11)8(12,13)20-9(7,14)15/h20H,10-15H2. The molecule has 2 nitrogen and oxygen atoms in total. The molecule has 0 aliphatic carbocycles. The van der Waals surface area contributed by atoms with Gasteiger partial charge in [-0.25, -0.2) is 8.78 Å². The normalized spacial score (nSPS) is 21.5. The number of hydrogen-bond donors (Lipinski definition) is 1. The molecule has 1 saturated heterocycles. The smallest absolute Gasteiger partial charge is 0.203 e. The van der Waals surface area contributed by atoms with Gasteiger partial charge in [0.15, 0.2) is 25.2 Å². The van der Waals surface area contributed by atoms with E-state index in [1.165, 1.54) is 0 Å². The summed E-state index contributed by atoms with van der Waals surface area (Å²) in [6.45, 7) is 0. The molecule has 1 heterocycles. The van der Waals surface area contributed by atoms with Gasteiger partial charge in [0.25, 0.3) is 0 Å². The molecule has 106 valence electrons. The van der Waals surface area contributed by atoms with Crippen molar-refractivity contribution in [1.29, 1.82) is 0 Å². The van der Waals surface area contributed by atoms with Crippen molar-refractivity contribution in [3.05, 3.63) is 23.3 Å². The van der Waals surface area contributed by atoms with Gasteiger partial charge in [0, 0.05) is 0 Å². The van der Waals surface area contributed by atoms with Crippen LogP contribution >= 0.6 is 0 Å².